The molecular weight excluding hydrogens is 210 g/mol. The number of aromatic nitrogens is 2. The van der Waals surface area contributed by atoms with Crippen molar-refractivity contribution in [3.63, 3.8) is 0 Å². The summed E-state index contributed by atoms with van der Waals surface area (Å²) in [6.45, 7) is 8.76. The molecular formula is C14H19N3. The summed E-state index contributed by atoms with van der Waals surface area (Å²) < 4.78 is 0. The lowest BCUT2D eigenvalue weighted by molar-refractivity contribution is 0.592. The van der Waals surface area contributed by atoms with Crippen LogP contribution in [0.25, 0.3) is 0 Å². The molecule has 0 aliphatic carbocycles. The van der Waals surface area contributed by atoms with Crippen molar-refractivity contribution in [3.05, 3.63) is 41.6 Å². The minimum Gasteiger partial charge on any atom is -0.340 e. The van der Waals surface area contributed by atoms with Gasteiger partial charge in [-0.05, 0) is 29.5 Å². The summed E-state index contributed by atoms with van der Waals surface area (Å²) in [4.78, 5) is 0. The molecule has 0 bridgehead atoms. The van der Waals surface area contributed by atoms with Gasteiger partial charge in [-0.3, -0.25) is 5.10 Å². The predicted octanol–water partition coefficient (Wildman–Crippen LogP) is 3.76. The van der Waals surface area contributed by atoms with Gasteiger partial charge in [0.05, 0.1) is 6.20 Å². The van der Waals surface area contributed by atoms with Crippen LogP contribution in [0.15, 0.2) is 30.5 Å². The van der Waals surface area contributed by atoms with Crippen LogP contribution in [0.2, 0.25) is 0 Å². The first-order chi connectivity index (χ1) is 7.97. The minimum absolute atomic E-state index is 0.121. The molecule has 0 unspecified atom stereocenters. The van der Waals surface area contributed by atoms with Crippen molar-refractivity contribution in [2.24, 2.45) is 0 Å². The summed E-state index contributed by atoms with van der Waals surface area (Å²) in [7, 11) is 0. The molecule has 3 nitrogen and oxygen atoms in total. The highest BCUT2D eigenvalue weighted by molar-refractivity contribution is 5.63. The summed E-state index contributed by atoms with van der Waals surface area (Å²) in [6.07, 6.45) is 1.74. The van der Waals surface area contributed by atoms with Gasteiger partial charge in [0.2, 0.25) is 0 Å². The zero-order valence-electron chi connectivity index (χ0n) is 10.8. The van der Waals surface area contributed by atoms with Crippen molar-refractivity contribution in [3.8, 4) is 0 Å². The molecule has 0 saturated heterocycles. The third kappa shape index (κ3) is 2.67. The monoisotopic (exact) mass is 229 g/mol. The van der Waals surface area contributed by atoms with E-state index in [2.05, 4.69) is 61.4 Å². The molecule has 0 amide bonds. The number of hydrogen-bond donors (Lipinski definition) is 2. The van der Waals surface area contributed by atoms with Crippen molar-refractivity contribution in [2.45, 2.75) is 33.1 Å². The Bertz CT molecular complexity index is 493. The quantitative estimate of drug-likeness (QED) is 0.823. The number of rotatable bonds is 2. The van der Waals surface area contributed by atoms with Gasteiger partial charge in [-0.25, -0.2) is 0 Å². The highest BCUT2D eigenvalue weighted by Gasteiger charge is 2.18. The Hall–Kier alpha value is -1.77. The molecule has 17 heavy (non-hydrogen) atoms. The summed E-state index contributed by atoms with van der Waals surface area (Å²) in [5, 5.41) is 10.2. The van der Waals surface area contributed by atoms with Crippen LogP contribution in [-0.2, 0) is 5.41 Å². The van der Waals surface area contributed by atoms with Crippen LogP contribution in [0.1, 0.15) is 31.9 Å². The molecule has 1 aromatic heterocycles. The fraction of sp³-hybridized carbons (Fsp3) is 0.357. The lowest BCUT2D eigenvalue weighted by Gasteiger charge is -2.23. The van der Waals surface area contributed by atoms with Gasteiger partial charge < -0.3 is 5.32 Å². The maximum absolute atomic E-state index is 3.95. The lowest BCUT2D eigenvalue weighted by atomic mass is 9.85. The van der Waals surface area contributed by atoms with Crippen LogP contribution in [0.4, 0.5) is 11.5 Å². The van der Waals surface area contributed by atoms with Gasteiger partial charge in [0.1, 0.15) is 5.82 Å². The van der Waals surface area contributed by atoms with Gasteiger partial charge in [-0.1, -0.05) is 32.9 Å². The van der Waals surface area contributed by atoms with E-state index < -0.39 is 0 Å². The van der Waals surface area contributed by atoms with Crippen LogP contribution in [-0.4, -0.2) is 10.2 Å². The Morgan fingerprint density at radius 2 is 1.94 bits per heavy atom. The third-order valence-corrected chi connectivity index (χ3v) is 2.75. The number of aryl methyl sites for hydroxylation is 1. The molecule has 1 heterocycles. The van der Waals surface area contributed by atoms with Crippen LogP contribution in [0.5, 0.6) is 0 Å². The first-order valence-corrected chi connectivity index (χ1v) is 5.84. The van der Waals surface area contributed by atoms with E-state index in [1.54, 1.807) is 6.20 Å². The van der Waals surface area contributed by atoms with Crippen molar-refractivity contribution >= 4 is 11.5 Å². The number of anilines is 2. The molecule has 0 fully saturated rings. The number of aromatic amines is 1. The number of nitrogens with zero attached hydrogens (tertiary/aromatic N) is 1. The fourth-order valence-corrected chi connectivity index (χ4v) is 1.89. The zero-order chi connectivity index (χ0) is 12.5. The first-order valence-electron chi connectivity index (χ1n) is 5.84. The van der Waals surface area contributed by atoms with Crippen LogP contribution in [0, 0.1) is 6.92 Å². The second-order valence-corrected chi connectivity index (χ2v) is 5.39. The Morgan fingerprint density at radius 1 is 1.18 bits per heavy atom. The molecule has 0 saturated carbocycles. The van der Waals surface area contributed by atoms with Gasteiger partial charge in [-0.2, -0.15) is 5.10 Å². The Balaban J connectivity index is 2.40. The minimum atomic E-state index is 0.121. The summed E-state index contributed by atoms with van der Waals surface area (Å²) in [5.74, 6) is 0.918. The second-order valence-electron chi connectivity index (χ2n) is 5.39. The summed E-state index contributed by atoms with van der Waals surface area (Å²) in [6, 6.07) is 8.43. The van der Waals surface area contributed by atoms with E-state index in [1.165, 1.54) is 11.1 Å². The van der Waals surface area contributed by atoms with E-state index in [0.29, 0.717) is 0 Å². The topological polar surface area (TPSA) is 40.7 Å². The Kier molecular flexibility index (Phi) is 2.92. The van der Waals surface area contributed by atoms with E-state index in [0.717, 1.165) is 11.5 Å². The van der Waals surface area contributed by atoms with E-state index in [9.17, 15) is 0 Å². The molecule has 2 aromatic rings. The molecule has 2 N–H and O–H groups in total. The number of H-pyrrole nitrogens is 1. The smallest absolute Gasteiger partial charge is 0.125 e. The number of hydrogen-bond acceptors (Lipinski definition) is 2. The van der Waals surface area contributed by atoms with E-state index in [4.69, 9.17) is 0 Å². The molecule has 0 aliphatic heterocycles. The molecule has 3 heteroatoms. The standard InChI is InChI=1S/C14H19N3/c1-10-5-6-11(14(2,3)4)12(9-10)16-13-7-8-15-17-13/h5-9H,1-4H3,(H2,15,16,17). The SMILES string of the molecule is Cc1ccc(C(C)(C)C)c(Nc2ccn[nH]2)c1. The van der Waals surface area contributed by atoms with Gasteiger partial charge in [0.15, 0.2) is 0 Å². The highest BCUT2D eigenvalue weighted by atomic mass is 15.2. The molecule has 1 aromatic carbocycles. The van der Waals surface area contributed by atoms with E-state index in [1.807, 2.05) is 6.07 Å². The summed E-state index contributed by atoms with van der Waals surface area (Å²) >= 11 is 0. The van der Waals surface area contributed by atoms with Crippen LogP contribution in [0.3, 0.4) is 0 Å². The number of benzene rings is 1. The molecule has 0 spiro atoms. The van der Waals surface area contributed by atoms with E-state index in [-0.39, 0.29) is 5.41 Å². The third-order valence-electron chi connectivity index (χ3n) is 2.75. The van der Waals surface area contributed by atoms with Crippen molar-refractivity contribution in [1.82, 2.24) is 10.2 Å². The first kappa shape index (κ1) is 11.7. The summed E-state index contributed by atoms with van der Waals surface area (Å²) in [5.41, 5.74) is 3.82. The average molecular weight is 229 g/mol. The predicted molar refractivity (Wildman–Crippen MR) is 71.7 cm³/mol. The molecule has 0 aliphatic rings. The number of nitrogens with one attached hydrogen (secondary N) is 2. The second kappa shape index (κ2) is 4.24. The Labute approximate surface area is 102 Å². The molecule has 2 rings (SSSR count). The molecule has 0 radical (unpaired) electrons. The van der Waals surface area contributed by atoms with E-state index >= 15 is 0 Å². The molecule has 90 valence electrons. The van der Waals surface area contributed by atoms with Gasteiger partial charge in [0.25, 0.3) is 0 Å². The van der Waals surface area contributed by atoms with Crippen LogP contribution >= 0.6 is 0 Å². The van der Waals surface area contributed by atoms with Gasteiger partial charge >= 0.3 is 0 Å². The lowest BCUT2D eigenvalue weighted by Crippen LogP contribution is -2.13. The average Bonchev–Trinajstić information content (AvgIpc) is 2.68. The van der Waals surface area contributed by atoms with Crippen molar-refractivity contribution < 1.29 is 0 Å². The fourth-order valence-electron chi connectivity index (χ4n) is 1.89. The van der Waals surface area contributed by atoms with Crippen molar-refractivity contribution in [2.75, 3.05) is 5.32 Å². The normalized spacial score (nSPS) is 11.5. The zero-order valence-corrected chi connectivity index (χ0v) is 10.8. The Morgan fingerprint density at radius 3 is 2.53 bits per heavy atom. The molecule has 0 atom stereocenters. The maximum atomic E-state index is 3.95. The highest BCUT2D eigenvalue weighted by Crippen LogP contribution is 2.31. The van der Waals surface area contributed by atoms with Crippen molar-refractivity contribution in [1.29, 1.82) is 0 Å². The maximum Gasteiger partial charge on any atom is 0.125 e. The largest absolute Gasteiger partial charge is 0.340 e. The van der Waals surface area contributed by atoms with Gasteiger partial charge in [-0.15, -0.1) is 0 Å². The van der Waals surface area contributed by atoms with Gasteiger partial charge in [0, 0.05) is 11.8 Å². The van der Waals surface area contributed by atoms with Crippen LogP contribution < -0.4 is 5.32 Å².